The molecule has 1 aliphatic rings. The van der Waals surface area contributed by atoms with Crippen LogP contribution in [0.1, 0.15) is 26.3 Å². The molecule has 1 aromatic carbocycles. The van der Waals surface area contributed by atoms with Crippen LogP contribution in [0.2, 0.25) is 0 Å². The molecule has 0 radical (unpaired) electrons. The molecular formula is C15H21NO2. The van der Waals surface area contributed by atoms with Gasteiger partial charge >= 0.3 is 5.97 Å². The van der Waals surface area contributed by atoms with Crippen LogP contribution in [0.5, 0.6) is 0 Å². The lowest BCUT2D eigenvalue weighted by Gasteiger charge is -2.05. The van der Waals surface area contributed by atoms with Crippen LogP contribution in [0, 0.1) is 5.92 Å². The summed E-state index contributed by atoms with van der Waals surface area (Å²) in [6.45, 7) is 7.45. The summed E-state index contributed by atoms with van der Waals surface area (Å²) < 4.78 is 5.13. The smallest absolute Gasteiger partial charge is 0.325 e. The van der Waals surface area contributed by atoms with Crippen molar-refractivity contribution in [2.24, 2.45) is 5.92 Å². The van der Waals surface area contributed by atoms with Crippen molar-refractivity contribution in [2.45, 2.75) is 39.4 Å². The van der Waals surface area contributed by atoms with Crippen molar-refractivity contribution < 1.29 is 9.53 Å². The van der Waals surface area contributed by atoms with Crippen molar-refractivity contribution in [1.82, 2.24) is 4.90 Å². The Bertz CT molecular complexity index is 402. The Labute approximate surface area is 109 Å². The number of benzene rings is 1. The number of carbonyl (C=O) groups is 1. The third kappa shape index (κ3) is 2.72. The van der Waals surface area contributed by atoms with Gasteiger partial charge in [0, 0.05) is 12.6 Å². The van der Waals surface area contributed by atoms with E-state index in [0.717, 1.165) is 6.54 Å². The van der Waals surface area contributed by atoms with Gasteiger partial charge in [0.15, 0.2) is 0 Å². The van der Waals surface area contributed by atoms with Crippen molar-refractivity contribution in [2.75, 3.05) is 6.61 Å². The van der Waals surface area contributed by atoms with Gasteiger partial charge in [0.2, 0.25) is 0 Å². The summed E-state index contributed by atoms with van der Waals surface area (Å²) in [4.78, 5) is 14.1. The second kappa shape index (κ2) is 5.53. The molecule has 98 valence electrons. The predicted molar refractivity (Wildman–Crippen MR) is 71.0 cm³/mol. The van der Waals surface area contributed by atoms with E-state index in [1.165, 1.54) is 5.56 Å². The van der Waals surface area contributed by atoms with Crippen LogP contribution in [0.4, 0.5) is 0 Å². The number of rotatable bonds is 5. The standard InChI is InChI=1S/C15H21NO2/c1-4-18-15(17)14-13(11(2)3)16(14)10-12-8-6-5-7-9-12/h5-9,11,13-14H,4,10H2,1-3H3/t13-,14-,16?/m1/s1. The highest BCUT2D eigenvalue weighted by molar-refractivity contribution is 5.80. The van der Waals surface area contributed by atoms with Gasteiger partial charge in [-0.1, -0.05) is 44.2 Å². The lowest BCUT2D eigenvalue weighted by atomic mass is 10.1. The van der Waals surface area contributed by atoms with E-state index in [0.29, 0.717) is 18.6 Å². The van der Waals surface area contributed by atoms with E-state index in [2.05, 4.69) is 30.9 Å². The van der Waals surface area contributed by atoms with Crippen LogP contribution in [-0.4, -0.2) is 29.6 Å². The zero-order valence-corrected chi connectivity index (χ0v) is 11.3. The molecule has 3 nitrogen and oxygen atoms in total. The first-order chi connectivity index (χ1) is 8.65. The highest BCUT2D eigenvalue weighted by Gasteiger charge is 2.54. The Morgan fingerprint density at radius 2 is 2.00 bits per heavy atom. The van der Waals surface area contributed by atoms with Crippen LogP contribution >= 0.6 is 0 Å². The molecule has 1 aromatic rings. The molecule has 2 rings (SSSR count). The molecule has 0 aliphatic carbocycles. The fraction of sp³-hybridized carbons (Fsp3) is 0.533. The van der Waals surface area contributed by atoms with Crippen molar-refractivity contribution in [1.29, 1.82) is 0 Å². The molecule has 0 spiro atoms. The summed E-state index contributed by atoms with van der Waals surface area (Å²) in [5, 5.41) is 0. The molecule has 1 unspecified atom stereocenters. The number of ether oxygens (including phenoxy) is 1. The summed E-state index contributed by atoms with van der Waals surface area (Å²) in [6, 6.07) is 10.5. The summed E-state index contributed by atoms with van der Waals surface area (Å²) in [5.41, 5.74) is 1.25. The van der Waals surface area contributed by atoms with Gasteiger partial charge in [-0.3, -0.25) is 9.69 Å². The molecule has 3 heteroatoms. The molecule has 1 saturated heterocycles. The fourth-order valence-corrected chi connectivity index (χ4v) is 2.54. The second-order valence-corrected chi connectivity index (χ2v) is 5.09. The van der Waals surface area contributed by atoms with Gasteiger partial charge in [-0.25, -0.2) is 0 Å². The molecule has 3 atom stereocenters. The van der Waals surface area contributed by atoms with E-state index in [1.54, 1.807) is 0 Å². The van der Waals surface area contributed by atoms with E-state index in [1.807, 2.05) is 25.1 Å². The van der Waals surface area contributed by atoms with Crippen LogP contribution in [0.25, 0.3) is 0 Å². The first-order valence-corrected chi connectivity index (χ1v) is 6.61. The molecule has 1 aliphatic heterocycles. The van der Waals surface area contributed by atoms with E-state index >= 15 is 0 Å². The fourth-order valence-electron chi connectivity index (χ4n) is 2.54. The van der Waals surface area contributed by atoms with Crippen molar-refractivity contribution in [3.05, 3.63) is 35.9 Å². The number of esters is 1. The molecule has 1 fully saturated rings. The van der Waals surface area contributed by atoms with Crippen LogP contribution in [0.3, 0.4) is 0 Å². The van der Waals surface area contributed by atoms with E-state index < -0.39 is 0 Å². The van der Waals surface area contributed by atoms with Crippen molar-refractivity contribution >= 4 is 5.97 Å². The van der Waals surface area contributed by atoms with Gasteiger partial charge < -0.3 is 4.74 Å². The topological polar surface area (TPSA) is 29.3 Å². The predicted octanol–water partition coefficient (Wildman–Crippen LogP) is 2.46. The molecule has 0 N–H and O–H groups in total. The minimum Gasteiger partial charge on any atom is -0.465 e. The molecule has 0 saturated carbocycles. The highest BCUT2D eigenvalue weighted by Crippen LogP contribution is 2.36. The van der Waals surface area contributed by atoms with Crippen LogP contribution in [-0.2, 0) is 16.1 Å². The van der Waals surface area contributed by atoms with Crippen molar-refractivity contribution in [3.63, 3.8) is 0 Å². The minimum atomic E-state index is -0.0767. The van der Waals surface area contributed by atoms with Gasteiger partial charge in [0.05, 0.1) is 6.61 Å². The summed E-state index contributed by atoms with van der Waals surface area (Å²) in [5.74, 6) is 0.398. The monoisotopic (exact) mass is 247 g/mol. The number of carbonyl (C=O) groups excluding carboxylic acids is 1. The summed E-state index contributed by atoms with van der Waals surface area (Å²) >= 11 is 0. The third-order valence-electron chi connectivity index (χ3n) is 3.39. The van der Waals surface area contributed by atoms with Gasteiger partial charge in [-0.05, 0) is 18.4 Å². The van der Waals surface area contributed by atoms with Crippen LogP contribution < -0.4 is 0 Å². The minimum absolute atomic E-state index is 0.0508. The Morgan fingerprint density at radius 3 is 2.56 bits per heavy atom. The zero-order chi connectivity index (χ0) is 13.1. The Morgan fingerprint density at radius 1 is 1.33 bits per heavy atom. The maximum atomic E-state index is 11.9. The average Bonchev–Trinajstić information content (AvgIpc) is 3.05. The number of hydrogen-bond donors (Lipinski definition) is 0. The maximum absolute atomic E-state index is 11.9. The molecule has 0 amide bonds. The van der Waals surface area contributed by atoms with E-state index in [4.69, 9.17) is 4.74 Å². The van der Waals surface area contributed by atoms with Gasteiger partial charge in [-0.2, -0.15) is 0 Å². The third-order valence-corrected chi connectivity index (χ3v) is 3.39. The quantitative estimate of drug-likeness (QED) is 0.591. The summed E-state index contributed by atoms with van der Waals surface area (Å²) in [6.07, 6.45) is 0. The van der Waals surface area contributed by atoms with Gasteiger partial charge in [0.25, 0.3) is 0 Å². The number of nitrogens with zero attached hydrogens (tertiary/aromatic N) is 1. The number of hydrogen-bond acceptors (Lipinski definition) is 3. The van der Waals surface area contributed by atoms with Crippen LogP contribution in [0.15, 0.2) is 30.3 Å². The molecule has 1 heterocycles. The first-order valence-electron chi connectivity index (χ1n) is 6.61. The summed E-state index contributed by atoms with van der Waals surface area (Å²) in [7, 11) is 0. The molecule has 0 aromatic heterocycles. The maximum Gasteiger partial charge on any atom is 0.325 e. The lowest BCUT2D eigenvalue weighted by molar-refractivity contribution is -0.143. The zero-order valence-electron chi connectivity index (χ0n) is 11.3. The average molecular weight is 247 g/mol. The Hall–Kier alpha value is -1.35. The lowest BCUT2D eigenvalue weighted by Crippen LogP contribution is -2.17. The largest absolute Gasteiger partial charge is 0.465 e. The van der Waals surface area contributed by atoms with Gasteiger partial charge in [-0.15, -0.1) is 0 Å². The normalized spacial score (nSPS) is 26.1. The SMILES string of the molecule is CCOC(=O)[C@H]1[C@@H](C(C)C)N1Cc1ccccc1. The van der Waals surface area contributed by atoms with Gasteiger partial charge in [0.1, 0.15) is 6.04 Å². The van der Waals surface area contributed by atoms with E-state index in [9.17, 15) is 4.79 Å². The first kappa shape index (κ1) is 13.1. The molecule has 0 bridgehead atoms. The van der Waals surface area contributed by atoms with Crippen molar-refractivity contribution in [3.8, 4) is 0 Å². The second-order valence-electron chi connectivity index (χ2n) is 5.09. The Kier molecular flexibility index (Phi) is 4.02. The molecule has 18 heavy (non-hydrogen) atoms. The molecular weight excluding hydrogens is 226 g/mol. The van der Waals surface area contributed by atoms with E-state index in [-0.39, 0.29) is 12.0 Å². The highest BCUT2D eigenvalue weighted by atomic mass is 16.5. The Balaban J connectivity index is 2.01.